The van der Waals surface area contributed by atoms with Gasteiger partial charge in [0.15, 0.2) is 0 Å². The molecule has 2 atom stereocenters. The number of carbonyl (C=O) groups is 2. The van der Waals surface area contributed by atoms with Crippen molar-refractivity contribution in [2.24, 2.45) is 11.8 Å². The molecular formula is C21H21N5O4. The second-order valence-corrected chi connectivity index (χ2v) is 7.68. The summed E-state index contributed by atoms with van der Waals surface area (Å²) in [6.45, 7) is 1.94. The molecule has 2 aliphatic rings. The molecule has 0 radical (unpaired) electrons. The Morgan fingerprint density at radius 3 is 2.63 bits per heavy atom. The van der Waals surface area contributed by atoms with Gasteiger partial charge in [0.05, 0.1) is 18.9 Å². The van der Waals surface area contributed by atoms with Crippen LogP contribution in [-0.2, 0) is 13.0 Å². The minimum absolute atomic E-state index is 0.0219. The number of amides is 2. The predicted molar refractivity (Wildman–Crippen MR) is 106 cm³/mol. The van der Waals surface area contributed by atoms with Crippen LogP contribution in [0.4, 0.5) is 5.69 Å². The maximum absolute atomic E-state index is 12.8. The van der Waals surface area contributed by atoms with Crippen LogP contribution >= 0.6 is 0 Å². The summed E-state index contributed by atoms with van der Waals surface area (Å²) in [5.74, 6) is 2.04. The van der Waals surface area contributed by atoms with Gasteiger partial charge in [-0.1, -0.05) is 0 Å². The maximum Gasteiger partial charge on any atom is 0.293 e. The molecule has 0 saturated carbocycles. The Labute approximate surface area is 172 Å². The zero-order valence-corrected chi connectivity index (χ0v) is 16.4. The zero-order chi connectivity index (χ0) is 20.7. The molecule has 1 aromatic carbocycles. The fraction of sp³-hybridized carbons (Fsp3) is 0.333. The van der Waals surface area contributed by atoms with Crippen LogP contribution in [0, 0.1) is 11.8 Å². The normalized spacial score (nSPS) is 19.8. The number of nitrogens with one attached hydrogen (secondary N) is 1. The first-order valence-corrected chi connectivity index (χ1v) is 9.81. The van der Waals surface area contributed by atoms with Crippen molar-refractivity contribution in [1.82, 2.24) is 19.7 Å². The Bertz CT molecular complexity index is 1070. The highest BCUT2D eigenvalue weighted by Gasteiger charge is 2.41. The van der Waals surface area contributed by atoms with E-state index in [1.165, 1.54) is 12.5 Å². The molecule has 2 aromatic heterocycles. The van der Waals surface area contributed by atoms with E-state index in [1.54, 1.807) is 37.4 Å². The minimum atomic E-state index is -0.304. The van der Waals surface area contributed by atoms with Gasteiger partial charge in [-0.05, 0) is 42.2 Å². The summed E-state index contributed by atoms with van der Waals surface area (Å²) in [4.78, 5) is 27.3. The highest BCUT2D eigenvalue weighted by Crippen LogP contribution is 2.33. The third kappa shape index (κ3) is 3.22. The van der Waals surface area contributed by atoms with E-state index in [1.807, 2.05) is 9.47 Å². The molecule has 4 heterocycles. The summed E-state index contributed by atoms with van der Waals surface area (Å²) in [5.41, 5.74) is 1.22. The van der Waals surface area contributed by atoms with Crippen LogP contribution < -0.4 is 10.1 Å². The van der Waals surface area contributed by atoms with Gasteiger partial charge < -0.3 is 23.9 Å². The Kier molecular flexibility index (Phi) is 4.50. The Hall–Kier alpha value is -3.62. The highest BCUT2D eigenvalue weighted by atomic mass is 16.5. The molecule has 5 rings (SSSR count). The largest absolute Gasteiger partial charge is 0.497 e. The number of ether oxygens (including phenoxy) is 1. The lowest BCUT2D eigenvalue weighted by molar-refractivity contribution is 0.0782. The van der Waals surface area contributed by atoms with Crippen LogP contribution in [0.15, 0.2) is 47.3 Å². The number of anilines is 1. The van der Waals surface area contributed by atoms with Gasteiger partial charge in [0.2, 0.25) is 5.82 Å². The fourth-order valence-corrected chi connectivity index (χ4v) is 4.29. The molecule has 9 heteroatoms. The van der Waals surface area contributed by atoms with Crippen LogP contribution in [0.5, 0.6) is 5.75 Å². The van der Waals surface area contributed by atoms with Crippen molar-refractivity contribution >= 4 is 17.5 Å². The van der Waals surface area contributed by atoms with Gasteiger partial charge >= 0.3 is 0 Å². The van der Waals surface area contributed by atoms with Crippen molar-refractivity contribution in [3.8, 4) is 5.75 Å². The number of hydrogen-bond acceptors (Lipinski definition) is 6. The molecule has 3 aromatic rings. The molecule has 2 aliphatic heterocycles. The molecule has 2 amide bonds. The van der Waals surface area contributed by atoms with Gasteiger partial charge in [-0.25, -0.2) is 0 Å². The first-order valence-electron chi connectivity index (χ1n) is 9.81. The second-order valence-electron chi connectivity index (χ2n) is 7.68. The molecule has 1 saturated heterocycles. The maximum atomic E-state index is 12.8. The number of rotatable bonds is 4. The lowest BCUT2D eigenvalue weighted by Gasteiger charge is -2.25. The summed E-state index contributed by atoms with van der Waals surface area (Å²) < 4.78 is 12.1. The van der Waals surface area contributed by atoms with Crippen molar-refractivity contribution < 1.29 is 18.7 Å². The Morgan fingerprint density at radius 1 is 1.10 bits per heavy atom. The van der Waals surface area contributed by atoms with Crippen molar-refractivity contribution in [3.05, 3.63) is 60.1 Å². The van der Waals surface area contributed by atoms with E-state index in [2.05, 4.69) is 15.5 Å². The van der Waals surface area contributed by atoms with Gasteiger partial charge in [0.25, 0.3) is 11.8 Å². The standard InChI is InChI=1S/C21H21N5O4/c1-29-17-4-2-16(3-5-17)22-20(27)19-24-23-18-8-14-9-25(10-15(14)11-26(18)19)21(28)13-6-7-30-12-13/h2-7,12,14-15H,8-11H2,1H3,(H,22,27)/t14-,15+/m0/s1. The van der Waals surface area contributed by atoms with Crippen molar-refractivity contribution in [2.45, 2.75) is 13.0 Å². The van der Waals surface area contributed by atoms with Crippen molar-refractivity contribution in [3.63, 3.8) is 0 Å². The molecule has 0 bridgehead atoms. The fourth-order valence-electron chi connectivity index (χ4n) is 4.29. The van der Waals surface area contributed by atoms with E-state index < -0.39 is 0 Å². The molecule has 9 nitrogen and oxygen atoms in total. The lowest BCUT2D eigenvalue weighted by Crippen LogP contribution is -2.31. The number of aromatic nitrogens is 3. The van der Waals surface area contributed by atoms with Crippen molar-refractivity contribution in [2.75, 3.05) is 25.5 Å². The molecule has 154 valence electrons. The number of nitrogens with zero attached hydrogens (tertiary/aromatic N) is 4. The smallest absolute Gasteiger partial charge is 0.293 e. The number of carbonyl (C=O) groups excluding carboxylic acids is 2. The number of likely N-dealkylation sites (tertiary alicyclic amines) is 1. The first-order chi connectivity index (χ1) is 14.6. The summed E-state index contributed by atoms with van der Waals surface area (Å²) in [7, 11) is 1.59. The highest BCUT2D eigenvalue weighted by molar-refractivity contribution is 6.01. The van der Waals surface area contributed by atoms with Crippen LogP contribution in [0.2, 0.25) is 0 Å². The third-order valence-corrected chi connectivity index (χ3v) is 5.87. The average molecular weight is 407 g/mol. The SMILES string of the molecule is COc1ccc(NC(=O)c2nnc3n2C[C@H]2CN(C(=O)c4ccoc4)C[C@@H]2C3)cc1. The number of fused-ring (bicyclic) bond motifs is 2. The zero-order valence-electron chi connectivity index (χ0n) is 16.4. The number of benzene rings is 1. The Balaban J connectivity index is 1.29. The van der Waals surface area contributed by atoms with Gasteiger partial charge in [0, 0.05) is 31.7 Å². The second kappa shape index (κ2) is 7.33. The number of furan rings is 1. The summed E-state index contributed by atoms with van der Waals surface area (Å²) in [6, 6.07) is 8.79. The van der Waals surface area contributed by atoms with Crippen LogP contribution in [0.25, 0.3) is 0 Å². The number of methoxy groups -OCH3 is 1. The van der Waals surface area contributed by atoms with Gasteiger partial charge in [-0.2, -0.15) is 0 Å². The molecule has 0 unspecified atom stereocenters. The molecule has 0 aliphatic carbocycles. The predicted octanol–water partition coefficient (Wildman–Crippen LogP) is 2.08. The van der Waals surface area contributed by atoms with E-state index in [4.69, 9.17) is 9.15 Å². The van der Waals surface area contributed by atoms with Crippen LogP contribution in [0.1, 0.15) is 26.8 Å². The molecular weight excluding hydrogens is 386 g/mol. The topological polar surface area (TPSA) is 102 Å². The Morgan fingerprint density at radius 2 is 1.90 bits per heavy atom. The van der Waals surface area contributed by atoms with Crippen molar-refractivity contribution in [1.29, 1.82) is 0 Å². The van der Waals surface area contributed by atoms with Gasteiger partial charge in [0.1, 0.15) is 17.8 Å². The third-order valence-electron chi connectivity index (χ3n) is 5.87. The quantitative estimate of drug-likeness (QED) is 0.710. The molecule has 1 fully saturated rings. The summed E-state index contributed by atoms with van der Waals surface area (Å²) >= 11 is 0. The van der Waals surface area contributed by atoms with E-state index in [0.29, 0.717) is 49.0 Å². The first kappa shape index (κ1) is 18.4. The van der Waals surface area contributed by atoms with E-state index in [-0.39, 0.29) is 17.7 Å². The minimum Gasteiger partial charge on any atom is -0.497 e. The molecule has 0 spiro atoms. The van der Waals surface area contributed by atoms with Gasteiger partial charge in [-0.15, -0.1) is 10.2 Å². The average Bonchev–Trinajstić information content (AvgIpc) is 3.51. The van der Waals surface area contributed by atoms with Crippen LogP contribution in [-0.4, -0.2) is 51.7 Å². The summed E-state index contributed by atoms with van der Waals surface area (Å²) in [6.07, 6.45) is 3.68. The molecule has 1 N–H and O–H groups in total. The lowest BCUT2D eigenvalue weighted by atomic mass is 9.89. The van der Waals surface area contributed by atoms with Crippen LogP contribution in [0.3, 0.4) is 0 Å². The number of hydrogen-bond donors (Lipinski definition) is 1. The molecule has 30 heavy (non-hydrogen) atoms. The summed E-state index contributed by atoms with van der Waals surface area (Å²) in [5, 5.41) is 11.2. The van der Waals surface area contributed by atoms with E-state index in [9.17, 15) is 9.59 Å². The van der Waals surface area contributed by atoms with E-state index >= 15 is 0 Å². The monoisotopic (exact) mass is 407 g/mol. The van der Waals surface area contributed by atoms with E-state index in [0.717, 1.165) is 11.6 Å². The van der Waals surface area contributed by atoms with Gasteiger partial charge in [-0.3, -0.25) is 9.59 Å².